The van der Waals surface area contributed by atoms with Crippen LogP contribution in [0.4, 0.5) is 4.39 Å². The summed E-state index contributed by atoms with van der Waals surface area (Å²) >= 11 is 0. The number of carbonyl (C=O) groups is 1. The number of carbonyl (C=O) groups excluding carboxylic acids is 1. The Morgan fingerprint density at radius 1 is 1.20 bits per heavy atom. The molecule has 7 heteroatoms. The molecule has 0 atom stereocenters. The van der Waals surface area contributed by atoms with Crippen LogP contribution < -0.4 is 0 Å². The van der Waals surface area contributed by atoms with Crippen molar-refractivity contribution in [3.63, 3.8) is 0 Å². The molecule has 2 aromatic heterocycles. The summed E-state index contributed by atoms with van der Waals surface area (Å²) < 4.78 is 21.8. The Morgan fingerprint density at radius 2 is 2.00 bits per heavy atom. The zero-order chi connectivity index (χ0) is 20.9. The number of esters is 1. The number of fused-ring (bicyclic) bond motifs is 2. The Hall–Kier alpha value is -3.22. The number of nitrogens with zero attached hydrogens (tertiary/aromatic N) is 3. The van der Waals surface area contributed by atoms with E-state index in [0.717, 1.165) is 29.4 Å². The summed E-state index contributed by atoms with van der Waals surface area (Å²) in [6.07, 6.45) is 9.43. The fourth-order valence-electron chi connectivity index (χ4n) is 4.76. The number of nitrogens with one attached hydrogen (secondary N) is 1. The molecule has 4 aromatic rings. The molecule has 0 aliphatic heterocycles. The van der Waals surface area contributed by atoms with Crippen LogP contribution in [0.2, 0.25) is 0 Å². The van der Waals surface area contributed by atoms with Crippen LogP contribution in [0.3, 0.4) is 0 Å². The molecule has 1 aliphatic carbocycles. The topological polar surface area (TPSA) is 72.8 Å². The van der Waals surface area contributed by atoms with E-state index in [2.05, 4.69) is 26.4 Å². The van der Waals surface area contributed by atoms with Gasteiger partial charge in [0, 0.05) is 11.1 Å². The lowest BCUT2D eigenvalue weighted by molar-refractivity contribution is 0.0597. The molecule has 0 saturated heterocycles. The van der Waals surface area contributed by atoms with Gasteiger partial charge in [-0.3, -0.25) is 0 Å². The number of methoxy groups -OCH3 is 1. The van der Waals surface area contributed by atoms with Crippen molar-refractivity contribution in [3.05, 3.63) is 48.3 Å². The molecule has 0 radical (unpaired) electrons. The lowest BCUT2D eigenvalue weighted by atomic mass is 9.83. The van der Waals surface area contributed by atoms with Gasteiger partial charge in [0.2, 0.25) is 0 Å². The number of imidazole rings is 2. The first-order valence-corrected chi connectivity index (χ1v) is 10.2. The second-order valence-electron chi connectivity index (χ2n) is 8.27. The fourth-order valence-corrected chi connectivity index (χ4v) is 4.76. The van der Waals surface area contributed by atoms with E-state index in [1.54, 1.807) is 0 Å². The Labute approximate surface area is 173 Å². The minimum Gasteiger partial charge on any atom is -0.465 e. The molecular weight excluding hydrogens is 383 g/mol. The highest BCUT2D eigenvalue weighted by Gasteiger charge is 2.30. The number of benzene rings is 2. The average molecular weight is 406 g/mol. The van der Waals surface area contributed by atoms with Crippen molar-refractivity contribution in [2.24, 2.45) is 0 Å². The average Bonchev–Trinajstić information content (AvgIpc) is 3.40. The molecule has 1 fully saturated rings. The third kappa shape index (κ3) is 2.80. The van der Waals surface area contributed by atoms with Crippen molar-refractivity contribution in [3.8, 4) is 11.1 Å². The van der Waals surface area contributed by atoms with Gasteiger partial charge < -0.3 is 14.3 Å². The first-order chi connectivity index (χ1) is 14.5. The van der Waals surface area contributed by atoms with E-state index in [1.165, 1.54) is 38.8 Å². The summed E-state index contributed by atoms with van der Waals surface area (Å²) in [6, 6.07) is 7.31. The molecule has 154 valence electrons. The van der Waals surface area contributed by atoms with Crippen LogP contribution in [0, 0.1) is 5.82 Å². The molecule has 2 heterocycles. The molecule has 0 unspecified atom stereocenters. The highest BCUT2D eigenvalue weighted by atomic mass is 19.1. The lowest BCUT2D eigenvalue weighted by Crippen LogP contribution is -2.31. The number of aromatic nitrogens is 4. The third-order valence-corrected chi connectivity index (χ3v) is 6.41. The summed E-state index contributed by atoms with van der Waals surface area (Å²) in [6.45, 7) is 2.30. The van der Waals surface area contributed by atoms with Crippen molar-refractivity contribution < 1.29 is 13.9 Å². The van der Waals surface area contributed by atoms with Crippen LogP contribution in [0.25, 0.3) is 33.2 Å². The summed E-state index contributed by atoms with van der Waals surface area (Å²) in [5, 5.41) is 0. The van der Waals surface area contributed by atoms with Crippen molar-refractivity contribution >= 4 is 28.0 Å². The van der Waals surface area contributed by atoms with E-state index < -0.39 is 11.8 Å². The molecule has 1 aliphatic rings. The number of ether oxygens (including phenoxy) is 1. The molecule has 1 saturated carbocycles. The summed E-state index contributed by atoms with van der Waals surface area (Å²) in [7, 11) is 1.23. The molecule has 0 spiro atoms. The van der Waals surface area contributed by atoms with Crippen LogP contribution in [0.15, 0.2) is 36.9 Å². The predicted molar refractivity (Wildman–Crippen MR) is 113 cm³/mol. The largest absolute Gasteiger partial charge is 0.465 e. The molecule has 0 bridgehead atoms. The number of halogens is 1. The second-order valence-corrected chi connectivity index (χ2v) is 8.27. The Morgan fingerprint density at radius 3 is 2.77 bits per heavy atom. The zero-order valence-corrected chi connectivity index (χ0v) is 17.0. The number of rotatable bonds is 3. The number of aromatic amines is 1. The second kappa shape index (κ2) is 6.93. The normalized spacial score (nSPS) is 16.2. The van der Waals surface area contributed by atoms with Gasteiger partial charge in [0.05, 0.1) is 41.8 Å². The highest BCUT2D eigenvalue weighted by molar-refractivity contribution is 6.06. The van der Waals surface area contributed by atoms with Crippen molar-refractivity contribution in [1.29, 1.82) is 0 Å². The van der Waals surface area contributed by atoms with Crippen LogP contribution in [0.1, 0.15) is 49.4 Å². The maximum absolute atomic E-state index is 14.8. The van der Waals surface area contributed by atoms with Crippen LogP contribution in [-0.2, 0) is 10.3 Å². The molecule has 2 aromatic carbocycles. The molecule has 1 N–H and O–H groups in total. The number of H-pyrrole nitrogens is 1. The van der Waals surface area contributed by atoms with Crippen molar-refractivity contribution in [2.75, 3.05) is 7.11 Å². The Kier molecular flexibility index (Phi) is 4.34. The highest BCUT2D eigenvalue weighted by Crippen LogP contribution is 2.38. The van der Waals surface area contributed by atoms with Gasteiger partial charge in [0.15, 0.2) is 0 Å². The van der Waals surface area contributed by atoms with Gasteiger partial charge in [-0.25, -0.2) is 19.2 Å². The van der Waals surface area contributed by atoms with Crippen LogP contribution in [-0.4, -0.2) is 32.6 Å². The van der Waals surface area contributed by atoms with Crippen LogP contribution in [0.5, 0.6) is 0 Å². The number of hydrogen-bond acceptors (Lipinski definition) is 4. The third-order valence-electron chi connectivity index (χ3n) is 6.41. The summed E-state index contributed by atoms with van der Waals surface area (Å²) in [5.74, 6) is -1.38. The summed E-state index contributed by atoms with van der Waals surface area (Å²) in [4.78, 5) is 23.9. The molecule has 5 rings (SSSR count). The standard InChI is InChI=1S/C23H23FN4O2/c1-23(8-4-3-5-9-23)28-13-27-17-10-14(6-7-18(17)28)15-11-16(24)19(22(29)30-2)21-20(15)25-12-26-21/h6-7,10-13H,3-5,8-9H2,1-2H3,(H,25,26). The SMILES string of the molecule is COC(=O)c1c(F)cc(-c2ccc3c(c2)ncn3C2(C)CCCCC2)c2nc[nH]c12. The van der Waals surface area contributed by atoms with E-state index in [-0.39, 0.29) is 11.1 Å². The first kappa shape index (κ1) is 18.8. The minimum atomic E-state index is -0.733. The van der Waals surface area contributed by atoms with Gasteiger partial charge in [-0.2, -0.15) is 0 Å². The molecule has 30 heavy (non-hydrogen) atoms. The Balaban J connectivity index is 1.64. The maximum Gasteiger partial charge on any atom is 0.343 e. The predicted octanol–water partition coefficient (Wildman–Crippen LogP) is 5.18. The van der Waals surface area contributed by atoms with Gasteiger partial charge in [0.1, 0.15) is 11.4 Å². The molecule has 0 amide bonds. The monoisotopic (exact) mass is 406 g/mol. The lowest BCUT2D eigenvalue weighted by Gasteiger charge is -2.35. The van der Waals surface area contributed by atoms with E-state index in [9.17, 15) is 9.18 Å². The van der Waals surface area contributed by atoms with Crippen molar-refractivity contribution in [1.82, 2.24) is 19.5 Å². The maximum atomic E-state index is 14.8. The van der Waals surface area contributed by atoms with Gasteiger partial charge in [-0.1, -0.05) is 25.3 Å². The smallest absolute Gasteiger partial charge is 0.343 e. The van der Waals surface area contributed by atoms with Gasteiger partial charge in [-0.05, 0) is 43.5 Å². The van der Waals surface area contributed by atoms with Crippen LogP contribution >= 0.6 is 0 Å². The van der Waals surface area contributed by atoms with E-state index in [0.29, 0.717) is 16.6 Å². The summed E-state index contributed by atoms with van der Waals surface area (Å²) in [5.41, 5.74) is 4.15. The van der Waals surface area contributed by atoms with E-state index in [4.69, 9.17) is 4.74 Å². The molecular formula is C23H23FN4O2. The quantitative estimate of drug-likeness (QED) is 0.476. The zero-order valence-electron chi connectivity index (χ0n) is 17.0. The Bertz CT molecular complexity index is 1270. The van der Waals surface area contributed by atoms with Crippen molar-refractivity contribution in [2.45, 2.75) is 44.6 Å². The fraction of sp³-hybridized carbons (Fsp3) is 0.348. The van der Waals surface area contributed by atoms with Gasteiger partial charge in [0.25, 0.3) is 0 Å². The minimum absolute atomic E-state index is 0.0816. The number of hydrogen-bond donors (Lipinski definition) is 1. The first-order valence-electron chi connectivity index (χ1n) is 10.2. The van der Waals surface area contributed by atoms with E-state index >= 15 is 0 Å². The van der Waals surface area contributed by atoms with Gasteiger partial charge >= 0.3 is 5.97 Å². The van der Waals surface area contributed by atoms with E-state index in [1.807, 2.05) is 24.5 Å². The molecule has 6 nitrogen and oxygen atoms in total. The van der Waals surface area contributed by atoms with Gasteiger partial charge in [-0.15, -0.1) is 0 Å².